The minimum atomic E-state index is 0.295. The Hall–Kier alpha value is -2.30. The summed E-state index contributed by atoms with van der Waals surface area (Å²) in [6, 6.07) is 6.32. The fourth-order valence-electron chi connectivity index (χ4n) is 2.48. The lowest BCUT2D eigenvalue weighted by atomic mass is 10.1. The largest absolute Gasteiger partial charge is 0.383 e. The summed E-state index contributed by atoms with van der Waals surface area (Å²) in [5.41, 5.74) is 11.2. The standard InChI is InChI=1S/C15H19N5/c1-8(2)13-12-14(16)17-18-15(12)20(19-13)11-7-9(3)5-6-10(11)4/h5-8H,1-4H3,(H3,16,17,18). The Morgan fingerprint density at radius 1 is 1.25 bits per heavy atom. The van der Waals surface area contributed by atoms with Crippen molar-refractivity contribution >= 4 is 16.9 Å². The minimum Gasteiger partial charge on any atom is -0.383 e. The first-order valence-electron chi connectivity index (χ1n) is 6.79. The molecule has 0 spiro atoms. The number of hydrogen-bond acceptors (Lipinski definition) is 3. The minimum absolute atomic E-state index is 0.295. The van der Waals surface area contributed by atoms with E-state index in [1.807, 2.05) is 4.68 Å². The predicted octanol–water partition coefficient (Wildman–Crippen LogP) is 3.07. The van der Waals surface area contributed by atoms with Crippen molar-refractivity contribution in [2.75, 3.05) is 5.73 Å². The molecule has 0 radical (unpaired) electrons. The highest BCUT2D eigenvalue weighted by Crippen LogP contribution is 2.30. The normalized spacial score (nSPS) is 11.7. The van der Waals surface area contributed by atoms with E-state index in [4.69, 9.17) is 10.8 Å². The van der Waals surface area contributed by atoms with Crippen LogP contribution in [0.3, 0.4) is 0 Å². The molecule has 1 aromatic carbocycles. The van der Waals surface area contributed by atoms with Crippen LogP contribution in [-0.2, 0) is 0 Å². The molecule has 3 N–H and O–H groups in total. The van der Waals surface area contributed by atoms with Crippen LogP contribution >= 0.6 is 0 Å². The Bertz CT molecular complexity index is 779. The van der Waals surface area contributed by atoms with Gasteiger partial charge in [-0.25, -0.2) is 4.68 Å². The summed E-state index contributed by atoms with van der Waals surface area (Å²) in [6.07, 6.45) is 0. The number of benzene rings is 1. The van der Waals surface area contributed by atoms with Gasteiger partial charge in [-0.2, -0.15) is 10.2 Å². The van der Waals surface area contributed by atoms with Crippen molar-refractivity contribution in [3.8, 4) is 5.69 Å². The number of anilines is 1. The van der Waals surface area contributed by atoms with Crippen LogP contribution in [0.4, 0.5) is 5.82 Å². The number of aryl methyl sites for hydroxylation is 2. The number of nitrogens with zero attached hydrogens (tertiary/aromatic N) is 3. The van der Waals surface area contributed by atoms with Crippen LogP contribution in [0.5, 0.6) is 0 Å². The van der Waals surface area contributed by atoms with E-state index in [1.54, 1.807) is 0 Å². The van der Waals surface area contributed by atoms with Crippen LogP contribution < -0.4 is 5.73 Å². The second-order valence-electron chi connectivity index (χ2n) is 5.58. The fourth-order valence-corrected chi connectivity index (χ4v) is 2.48. The maximum atomic E-state index is 6.00. The molecule has 0 amide bonds. The van der Waals surface area contributed by atoms with Crippen molar-refractivity contribution in [2.24, 2.45) is 0 Å². The Morgan fingerprint density at radius 3 is 2.70 bits per heavy atom. The molecule has 0 aliphatic carbocycles. The van der Waals surface area contributed by atoms with Gasteiger partial charge in [0, 0.05) is 0 Å². The third-order valence-corrected chi connectivity index (χ3v) is 3.58. The highest BCUT2D eigenvalue weighted by molar-refractivity contribution is 5.90. The summed E-state index contributed by atoms with van der Waals surface area (Å²) in [5.74, 6) is 0.879. The van der Waals surface area contributed by atoms with E-state index < -0.39 is 0 Å². The van der Waals surface area contributed by atoms with E-state index >= 15 is 0 Å². The quantitative estimate of drug-likeness (QED) is 0.751. The van der Waals surface area contributed by atoms with E-state index in [1.165, 1.54) is 5.56 Å². The Kier molecular flexibility index (Phi) is 2.78. The molecule has 104 valence electrons. The average Bonchev–Trinajstić information content (AvgIpc) is 2.94. The van der Waals surface area contributed by atoms with Gasteiger partial charge in [0.1, 0.15) is 5.82 Å². The summed E-state index contributed by atoms with van der Waals surface area (Å²) in [4.78, 5) is 0. The first-order chi connectivity index (χ1) is 9.49. The highest BCUT2D eigenvalue weighted by Gasteiger charge is 2.20. The SMILES string of the molecule is Cc1ccc(C)c(-n2nc(C(C)C)c3c(N)[nH]nc32)c1. The van der Waals surface area contributed by atoms with Gasteiger partial charge in [0.2, 0.25) is 0 Å². The molecule has 0 saturated heterocycles. The lowest BCUT2D eigenvalue weighted by Gasteiger charge is -2.07. The lowest BCUT2D eigenvalue weighted by Crippen LogP contribution is -2.02. The zero-order valence-corrected chi connectivity index (χ0v) is 12.2. The molecular weight excluding hydrogens is 250 g/mol. The van der Waals surface area contributed by atoms with Crippen molar-refractivity contribution in [1.29, 1.82) is 0 Å². The average molecular weight is 269 g/mol. The van der Waals surface area contributed by atoms with Gasteiger partial charge in [-0.3, -0.25) is 5.10 Å². The van der Waals surface area contributed by atoms with Gasteiger partial charge in [0.15, 0.2) is 5.65 Å². The topological polar surface area (TPSA) is 72.5 Å². The number of nitrogens with two attached hydrogens (primary N) is 1. The van der Waals surface area contributed by atoms with Gasteiger partial charge < -0.3 is 5.73 Å². The molecule has 0 unspecified atom stereocenters. The van der Waals surface area contributed by atoms with Crippen LogP contribution in [0.2, 0.25) is 0 Å². The van der Waals surface area contributed by atoms with E-state index in [-0.39, 0.29) is 0 Å². The zero-order chi connectivity index (χ0) is 14.4. The van der Waals surface area contributed by atoms with Crippen molar-refractivity contribution in [1.82, 2.24) is 20.0 Å². The summed E-state index contributed by atoms with van der Waals surface area (Å²) in [5, 5.41) is 12.8. The number of fused-ring (bicyclic) bond motifs is 1. The Balaban J connectivity index is 2.34. The molecule has 0 aliphatic heterocycles. The van der Waals surface area contributed by atoms with Crippen LogP contribution in [0, 0.1) is 13.8 Å². The number of nitrogens with one attached hydrogen (secondary N) is 1. The van der Waals surface area contributed by atoms with Gasteiger partial charge in [-0.15, -0.1) is 0 Å². The Labute approximate surface area is 117 Å². The van der Waals surface area contributed by atoms with E-state index in [9.17, 15) is 0 Å². The molecule has 2 heterocycles. The molecule has 5 heteroatoms. The second-order valence-corrected chi connectivity index (χ2v) is 5.58. The van der Waals surface area contributed by atoms with Gasteiger partial charge in [-0.05, 0) is 37.0 Å². The lowest BCUT2D eigenvalue weighted by molar-refractivity contribution is 0.770. The molecule has 0 saturated carbocycles. The molecule has 20 heavy (non-hydrogen) atoms. The molecule has 3 rings (SSSR count). The Morgan fingerprint density at radius 2 is 2.00 bits per heavy atom. The summed E-state index contributed by atoms with van der Waals surface area (Å²) >= 11 is 0. The molecule has 0 atom stereocenters. The molecule has 5 nitrogen and oxygen atoms in total. The maximum Gasteiger partial charge on any atom is 0.186 e. The predicted molar refractivity (Wildman–Crippen MR) is 81.2 cm³/mol. The molecule has 0 aliphatic rings. The molecule has 2 aromatic heterocycles. The summed E-state index contributed by atoms with van der Waals surface area (Å²) in [7, 11) is 0. The molecule has 0 fully saturated rings. The first-order valence-corrected chi connectivity index (χ1v) is 6.79. The number of nitrogen functional groups attached to an aromatic ring is 1. The third-order valence-electron chi connectivity index (χ3n) is 3.58. The smallest absolute Gasteiger partial charge is 0.186 e. The maximum absolute atomic E-state index is 6.00. The van der Waals surface area contributed by atoms with E-state index in [2.05, 4.69) is 56.1 Å². The zero-order valence-electron chi connectivity index (χ0n) is 12.2. The molecule has 3 aromatic rings. The monoisotopic (exact) mass is 269 g/mol. The fraction of sp³-hybridized carbons (Fsp3) is 0.333. The number of hydrogen-bond donors (Lipinski definition) is 2. The van der Waals surface area contributed by atoms with Gasteiger partial charge in [-0.1, -0.05) is 26.0 Å². The van der Waals surface area contributed by atoms with Crippen molar-refractivity contribution in [3.63, 3.8) is 0 Å². The van der Waals surface area contributed by atoms with E-state index in [0.29, 0.717) is 11.7 Å². The highest BCUT2D eigenvalue weighted by atomic mass is 15.4. The van der Waals surface area contributed by atoms with E-state index in [0.717, 1.165) is 28.0 Å². The van der Waals surface area contributed by atoms with Crippen LogP contribution in [0.1, 0.15) is 36.6 Å². The number of aromatic nitrogens is 4. The second kappa shape index (κ2) is 4.37. The van der Waals surface area contributed by atoms with Gasteiger partial charge >= 0.3 is 0 Å². The van der Waals surface area contributed by atoms with Gasteiger partial charge in [0.05, 0.1) is 16.8 Å². The van der Waals surface area contributed by atoms with Crippen LogP contribution in [-0.4, -0.2) is 20.0 Å². The van der Waals surface area contributed by atoms with Gasteiger partial charge in [0.25, 0.3) is 0 Å². The molecule has 0 bridgehead atoms. The van der Waals surface area contributed by atoms with Crippen molar-refractivity contribution < 1.29 is 0 Å². The van der Waals surface area contributed by atoms with Crippen molar-refractivity contribution in [3.05, 3.63) is 35.0 Å². The molecular formula is C15H19N5. The summed E-state index contributed by atoms with van der Waals surface area (Å²) < 4.78 is 1.89. The third kappa shape index (κ3) is 1.78. The number of rotatable bonds is 2. The first kappa shape index (κ1) is 12.7. The number of aromatic amines is 1. The summed E-state index contributed by atoms with van der Waals surface area (Å²) in [6.45, 7) is 8.38. The van der Waals surface area contributed by atoms with Crippen LogP contribution in [0.25, 0.3) is 16.7 Å². The van der Waals surface area contributed by atoms with Crippen LogP contribution in [0.15, 0.2) is 18.2 Å². The van der Waals surface area contributed by atoms with Crippen molar-refractivity contribution in [2.45, 2.75) is 33.6 Å². The number of H-pyrrole nitrogens is 1.